The zero-order valence-electron chi connectivity index (χ0n) is 5.15. The van der Waals surface area contributed by atoms with Crippen molar-refractivity contribution in [1.29, 1.82) is 0 Å². The molecule has 0 aliphatic carbocycles. The van der Waals surface area contributed by atoms with Crippen LogP contribution in [-0.2, 0) is 0 Å². The Morgan fingerprint density at radius 2 is 2.30 bits per heavy atom. The SMILES string of the molecule is C=c1ncc2c(n1)N=CN=2. The van der Waals surface area contributed by atoms with Crippen LogP contribution in [0, 0.1) is 0 Å². The third-order valence-electron chi connectivity index (χ3n) is 1.18. The molecule has 0 saturated heterocycles. The number of rotatable bonds is 0. The van der Waals surface area contributed by atoms with Crippen LogP contribution >= 0.6 is 0 Å². The fourth-order valence-electron chi connectivity index (χ4n) is 0.734. The number of aromatic nitrogens is 2. The molecule has 0 bridgehead atoms. The molecule has 1 aliphatic heterocycles. The second-order valence-corrected chi connectivity index (χ2v) is 1.87. The van der Waals surface area contributed by atoms with Gasteiger partial charge in [-0.05, 0) is 0 Å². The van der Waals surface area contributed by atoms with E-state index < -0.39 is 0 Å². The standard InChI is InChI=1S/C6H4N4/c1-4-7-2-5-6(10-4)9-3-8-5/h2-3H,1H2. The van der Waals surface area contributed by atoms with Gasteiger partial charge in [-0.2, -0.15) is 0 Å². The van der Waals surface area contributed by atoms with Gasteiger partial charge in [-0.25, -0.2) is 20.0 Å². The number of nitrogens with zero attached hydrogens (tertiary/aromatic N) is 4. The molecule has 2 rings (SSSR count). The molecule has 0 atom stereocenters. The zero-order chi connectivity index (χ0) is 6.97. The summed E-state index contributed by atoms with van der Waals surface area (Å²) in [6.07, 6.45) is 3.07. The average Bonchev–Trinajstić information content (AvgIpc) is 2.33. The molecule has 2 heterocycles. The Bertz CT molecular complexity index is 393. The van der Waals surface area contributed by atoms with E-state index in [0.717, 1.165) is 0 Å². The van der Waals surface area contributed by atoms with Crippen molar-refractivity contribution in [3.8, 4) is 0 Å². The van der Waals surface area contributed by atoms with Crippen LogP contribution in [0.3, 0.4) is 0 Å². The minimum Gasteiger partial charge on any atom is -0.235 e. The second-order valence-electron chi connectivity index (χ2n) is 1.87. The lowest BCUT2D eigenvalue weighted by Crippen LogP contribution is -2.15. The molecule has 0 fully saturated rings. The molecular weight excluding hydrogens is 128 g/mol. The summed E-state index contributed by atoms with van der Waals surface area (Å²) in [4.78, 5) is 15.6. The number of fused-ring (bicyclic) bond motifs is 1. The monoisotopic (exact) mass is 132 g/mol. The normalized spacial score (nSPS) is 12.8. The van der Waals surface area contributed by atoms with Crippen molar-refractivity contribution in [3.63, 3.8) is 0 Å². The minimum atomic E-state index is 0.480. The van der Waals surface area contributed by atoms with Crippen LogP contribution in [0.15, 0.2) is 16.2 Å². The summed E-state index contributed by atoms with van der Waals surface area (Å²) in [6, 6.07) is 0. The van der Waals surface area contributed by atoms with Gasteiger partial charge in [-0.1, -0.05) is 6.58 Å². The van der Waals surface area contributed by atoms with E-state index >= 15 is 0 Å². The number of hydrogen-bond donors (Lipinski definition) is 0. The van der Waals surface area contributed by atoms with Gasteiger partial charge in [-0.15, -0.1) is 0 Å². The highest BCUT2D eigenvalue weighted by Gasteiger charge is 1.98. The van der Waals surface area contributed by atoms with Gasteiger partial charge in [0.15, 0.2) is 5.82 Å². The smallest absolute Gasteiger partial charge is 0.183 e. The highest BCUT2D eigenvalue weighted by molar-refractivity contribution is 5.64. The highest BCUT2D eigenvalue weighted by Crippen LogP contribution is 1.96. The lowest BCUT2D eigenvalue weighted by Gasteiger charge is -1.84. The van der Waals surface area contributed by atoms with Crippen molar-refractivity contribution < 1.29 is 0 Å². The zero-order valence-corrected chi connectivity index (χ0v) is 5.15. The van der Waals surface area contributed by atoms with Crippen molar-refractivity contribution in [2.45, 2.75) is 0 Å². The first-order valence-electron chi connectivity index (χ1n) is 2.78. The van der Waals surface area contributed by atoms with Crippen LogP contribution in [0.5, 0.6) is 0 Å². The van der Waals surface area contributed by atoms with E-state index in [1.165, 1.54) is 6.34 Å². The summed E-state index contributed by atoms with van der Waals surface area (Å²) in [5.41, 5.74) is 0.480. The molecule has 1 aliphatic rings. The predicted octanol–water partition coefficient (Wildman–Crippen LogP) is -0.820. The molecule has 0 spiro atoms. The van der Waals surface area contributed by atoms with Gasteiger partial charge in [0.2, 0.25) is 0 Å². The maximum Gasteiger partial charge on any atom is 0.183 e. The molecule has 4 heteroatoms. The van der Waals surface area contributed by atoms with Crippen LogP contribution in [0.1, 0.15) is 0 Å². The first-order valence-corrected chi connectivity index (χ1v) is 2.78. The fraction of sp³-hybridized carbons (Fsp3) is 0. The van der Waals surface area contributed by atoms with Gasteiger partial charge >= 0.3 is 0 Å². The van der Waals surface area contributed by atoms with Crippen LogP contribution < -0.4 is 10.8 Å². The molecular formula is C6H4N4. The van der Waals surface area contributed by atoms with Gasteiger partial charge in [0.05, 0.1) is 6.20 Å². The van der Waals surface area contributed by atoms with E-state index in [9.17, 15) is 0 Å². The molecule has 1 aromatic rings. The van der Waals surface area contributed by atoms with Crippen LogP contribution in [0.4, 0.5) is 5.82 Å². The van der Waals surface area contributed by atoms with Crippen LogP contribution in [0.25, 0.3) is 6.58 Å². The van der Waals surface area contributed by atoms with E-state index in [2.05, 4.69) is 26.5 Å². The molecule has 0 saturated carbocycles. The molecule has 0 N–H and O–H groups in total. The van der Waals surface area contributed by atoms with Gasteiger partial charge in [0.1, 0.15) is 17.2 Å². The van der Waals surface area contributed by atoms with E-state index in [1.54, 1.807) is 6.20 Å². The largest absolute Gasteiger partial charge is 0.235 e. The molecule has 48 valence electrons. The van der Waals surface area contributed by atoms with Gasteiger partial charge in [0.25, 0.3) is 0 Å². The molecule has 0 amide bonds. The quantitative estimate of drug-likeness (QED) is 0.463. The van der Waals surface area contributed by atoms with Gasteiger partial charge < -0.3 is 0 Å². The van der Waals surface area contributed by atoms with Crippen molar-refractivity contribution in [3.05, 3.63) is 17.0 Å². The summed E-state index contributed by atoms with van der Waals surface area (Å²) in [7, 11) is 0. The topological polar surface area (TPSA) is 50.5 Å². The second kappa shape index (κ2) is 1.70. The molecule has 0 aromatic carbocycles. The summed E-state index contributed by atoms with van der Waals surface area (Å²) in [6.45, 7) is 3.56. The summed E-state index contributed by atoms with van der Waals surface area (Å²) < 4.78 is 0. The Hall–Kier alpha value is -1.58. The van der Waals surface area contributed by atoms with E-state index in [1.807, 2.05) is 0 Å². The van der Waals surface area contributed by atoms with E-state index in [4.69, 9.17) is 0 Å². The lowest BCUT2D eigenvalue weighted by molar-refractivity contribution is 1.06. The first-order chi connectivity index (χ1) is 4.86. The van der Waals surface area contributed by atoms with Crippen molar-refractivity contribution in [1.82, 2.24) is 9.97 Å². The van der Waals surface area contributed by atoms with Gasteiger partial charge in [0, 0.05) is 0 Å². The number of aliphatic imine (C=N–C) groups is 1. The molecule has 0 radical (unpaired) electrons. The van der Waals surface area contributed by atoms with Crippen molar-refractivity contribution >= 4 is 18.7 Å². The summed E-state index contributed by atoms with van der Waals surface area (Å²) in [5, 5.41) is 0.715. The maximum absolute atomic E-state index is 3.94. The van der Waals surface area contributed by atoms with Crippen LogP contribution in [-0.4, -0.2) is 16.3 Å². The highest BCUT2D eigenvalue weighted by atomic mass is 15.0. The Balaban J connectivity index is 2.89. The fourth-order valence-corrected chi connectivity index (χ4v) is 0.734. The van der Waals surface area contributed by atoms with E-state index in [0.29, 0.717) is 16.7 Å². The predicted molar refractivity (Wildman–Crippen MR) is 36.5 cm³/mol. The van der Waals surface area contributed by atoms with E-state index in [-0.39, 0.29) is 0 Å². The third kappa shape index (κ3) is 0.621. The Morgan fingerprint density at radius 1 is 1.40 bits per heavy atom. The molecule has 1 aromatic heterocycles. The molecule has 0 unspecified atom stereocenters. The summed E-state index contributed by atoms with van der Waals surface area (Å²) >= 11 is 0. The third-order valence-corrected chi connectivity index (χ3v) is 1.18. The average molecular weight is 132 g/mol. The molecule has 4 nitrogen and oxygen atoms in total. The Kier molecular flexibility index (Phi) is 0.887. The molecule has 10 heavy (non-hydrogen) atoms. The van der Waals surface area contributed by atoms with Crippen molar-refractivity contribution in [2.24, 2.45) is 9.98 Å². The van der Waals surface area contributed by atoms with Crippen molar-refractivity contribution in [2.75, 3.05) is 0 Å². The number of hydrogen-bond acceptors (Lipinski definition) is 4. The lowest BCUT2D eigenvalue weighted by atomic mass is 10.5. The Labute approximate surface area is 56.7 Å². The minimum absolute atomic E-state index is 0.480. The Morgan fingerprint density at radius 3 is 3.20 bits per heavy atom. The van der Waals surface area contributed by atoms with Gasteiger partial charge in [-0.3, -0.25) is 0 Å². The summed E-state index contributed by atoms with van der Waals surface area (Å²) in [5.74, 6) is 0.611. The maximum atomic E-state index is 3.94. The van der Waals surface area contributed by atoms with Crippen LogP contribution in [0.2, 0.25) is 0 Å². The first kappa shape index (κ1) is 5.22.